The number of carboxylic acid groups (broad SMARTS) is 1. The first-order chi connectivity index (χ1) is 11.9. The van der Waals surface area contributed by atoms with Crippen LogP contribution >= 0.6 is 0 Å². The minimum Gasteiger partial charge on any atom is -0.475 e. The number of carbonyl (C=O) groups excluding carboxylic acids is 1. The van der Waals surface area contributed by atoms with E-state index in [0.29, 0.717) is 6.42 Å². The second kappa shape index (κ2) is 7.20. The van der Waals surface area contributed by atoms with Gasteiger partial charge < -0.3 is 15.3 Å². The van der Waals surface area contributed by atoms with Crippen molar-refractivity contribution < 1.29 is 19.1 Å². The van der Waals surface area contributed by atoms with Gasteiger partial charge in [-0.1, -0.05) is 51.1 Å². The summed E-state index contributed by atoms with van der Waals surface area (Å²) < 4.78 is 6.29. The molecule has 3 N–H and O–H groups in total. The van der Waals surface area contributed by atoms with Crippen LogP contribution in [0.3, 0.4) is 0 Å². The Bertz CT molecular complexity index is 713. The Morgan fingerprint density at radius 3 is 2.38 bits per heavy atom. The van der Waals surface area contributed by atoms with Crippen molar-refractivity contribution in [2.24, 2.45) is 10.8 Å². The lowest BCUT2D eigenvalue weighted by Crippen LogP contribution is -2.46. The maximum absolute atomic E-state index is 12.9. The minimum atomic E-state index is -2.18. The highest BCUT2D eigenvalue weighted by Crippen LogP contribution is 2.41. The molecule has 0 radical (unpaired) electrons. The van der Waals surface area contributed by atoms with E-state index < -0.39 is 32.3 Å². The number of carbonyl (C=O) groups is 2. The molecule has 7 nitrogen and oxygen atoms in total. The van der Waals surface area contributed by atoms with E-state index in [4.69, 9.17) is 15.3 Å². The molecule has 2 atom stereocenters. The number of amides is 1. The van der Waals surface area contributed by atoms with E-state index in [2.05, 4.69) is 39.0 Å². The van der Waals surface area contributed by atoms with E-state index in [0.717, 1.165) is 10.6 Å². The van der Waals surface area contributed by atoms with Crippen LogP contribution in [0.2, 0.25) is 18.1 Å². The first-order valence-electron chi connectivity index (χ1n) is 8.57. The van der Waals surface area contributed by atoms with Crippen LogP contribution in [-0.4, -0.2) is 42.2 Å². The lowest BCUT2D eigenvalue weighted by molar-refractivity contribution is -0.134. The number of nitrogens with two attached hydrogens (primary N) is 1. The fourth-order valence-electron chi connectivity index (χ4n) is 2.57. The van der Waals surface area contributed by atoms with Crippen molar-refractivity contribution in [3.8, 4) is 0 Å². The topological polar surface area (TPSA) is 105 Å². The average Bonchev–Trinajstić information content (AvgIpc) is 2.83. The summed E-state index contributed by atoms with van der Waals surface area (Å²) in [4.78, 5) is 24.0. The molecule has 8 heteroatoms. The molecule has 0 aliphatic carbocycles. The van der Waals surface area contributed by atoms with Gasteiger partial charge in [0.05, 0.1) is 6.04 Å². The molecular formula is C18H27N3O4Si. The Morgan fingerprint density at radius 2 is 1.88 bits per heavy atom. The van der Waals surface area contributed by atoms with Crippen molar-refractivity contribution in [1.82, 2.24) is 5.01 Å². The van der Waals surface area contributed by atoms with Gasteiger partial charge in [-0.3, -0.25) is 4.79 Å². The number of nitrogens with zero attached hydrogens (tertiary/aromatic N) is 2. The number of aliphatic carboxylic acids is 1. The summed E-state index contributed by atoms with van der Waals surface area (Å²) in [6, 6.07) is 8.96. The highest BCUT2D eigenvalue weighted by atomic mass is 28.4. The van der Waals surface area contributed by atoms with Gasteiger partial charge in [0, 0.05) is 6.42 Å². The van der Waals surface area contributed by atoms with Crippen molar-refractivity contribution >= 4 is 26.0 Å². The number of carboxylic acids is 1. The second-order valence-electron chi connectivity index (χ2n) is 8.00. The molecule has 1 saturated heterocycles. The van der Waals surface area contributed by atoms with Crippen molar-refractivity contribution in [2.45, 2.75) is 57.5 Å². The smallest absolute Gasteiger partial charge is 0.373 e. The molecule has 0 spiro atoms. The molecule has 1 amide bonds. The van der Waals surface area contributed by atoms with Crippen molar-refractivity contribution in [2.75, 3.05) is 0 Å². The molecule has 0 aromatic heterocycles. The number of hydrogen-bond acceptors (Lipinski definition) is 4. The zero-order chi connectivity index (χ0) is 19.7. The van der Waals surface area contributed by atoms with E-state index in [9.17, 15) is 9.59 Å². The van der Waals surface area contributed by atoms with Crippen molar-refractivity contribution in [1.29, 1.82) is 0 Å². The zero-order valence-corrected chi connectivity index (χ0v) is 16.9. The van der Waals surface area contributed by atoms with Crippen LogP contribution in [0.25, 0.3) is 0 Å². The summed E-state index contributed by atoms with van der Waals surface area (Å²) in [6.45, 7) is 10.5. The number of benzene rings is 1. The zero-order valence-electron chi connectivity index (χ0n) is 15.9. The van der Waals surface area contributed by atoms with Crippen LogP contribution < -0.4 is 5.73 Å². The van der Waals surface area contributed by atoms with Crippen LogP contribution in [0.15, 0.2) is 35.4 Å². The van der Waals surface area contributed by atoms with Crippen LogP contribution in [0, 0.1) is 0 Å². The fourth-order valence-corrected chi connectivity index (χ4v) is 3.83. The molecule has 2 rings (SSSR count). The molecule has 1 aliphatic heterocycles. The lowest BCUT2D eigenvalue weighted by atomic mass is 10.0. The number of amidine groups is 1. The van der Waals surface area contributed by atoms with Gasteiger partial charge >= 0.3 is 5.97 Å². The van der Waals surface area contributed by atoms with E-state index >= 15 is 0 Å². The maximum atomic E-state index is 12.9. The summed E-state index contributed by atoms with van der Waals surface area (Å²) in [5.74, 6) is -2.33. The molecule has 2 unspecified atom stereocenters. The maximum Gasteiger partial charge on any atom is 0.373 e. The molecule has 1 aliphatic rings. The number of hydrazone groups is 1. The summed E-state index contributed by atoms with van der Waals surface area (Å²) in [7, 11) is -2.18. The molecule has 1 aromatic carbocycles. The van der Waals surface area contributed by atoms with Gasteiger partial charge in [-0.05, 0) is 23.7 Å². The number of hydrogen-bond donors (Lipinski definition) is 2. The summed E-state index contributed by atoms with van der Waals surface area (Å²) in [5, 5.41) is 14.0. The lowest BCUT2D eigenvalue weighted by Gasteiger charge is -2.37. The monoisotopic (exact) mass is 377 g/mol. The van der Waals surface area contributed by atoms with Crippen LogP contribution in [0.1, 0.15) is 38.8 Å². The van der Waals surface area contributed by atoms with Crippen LogP contribution in [0.5, 0.6) is 0 Å². The van der Waals surface area contributed by atoms with Gasteiger partial charge in [0.15, 0.2) is 8.32 Å². The third kappa shape index (κ3) is 4.13. The fraction of sp³-hybridized carbons (Fsp3) is 0.500. The van der Waals surface area contributed by atoms with Crippen molar-refractivity contribution in [3.63, 3.8) is 0 Å². The van der Waals surface area contributed by atoms with Gasteiger partial charge in [0.25, 0.3) is 5.91 Å². The third-order valence-electron chi connectivity index (χ3n) is 5.10. The largest absolute Gasteiger partial charge is 0.475 e. The highest BCUT2D eigenvalue weighted by molar-refractivity contribution is 6.74. The van der Waals surface area contributed by atoms with Crippen LogP contribution in [0.4, 0.5) is 0 Å². The Kier molecular flexibility index (Phi) is 5.57. The molecule has 142 valence electrons. The van der Waals surface area contributed by atoms with Gasteiger partial charge in [0.2, 0.25) is 5.84 Å². The minimum absolute atomic E-state index is 0.0493. The predicted octanol–water partition coefficient (Wildman–Crippen LogP) is 2.71. The first kappa shape index (κ1) is 20.1. The molecule has 1 fully saturated rings. The SMILES string of the molecule is CC(C)(C)[Si](C)(C)OC1CC(c2ccccc2)N(N=C(N)C(=O)O)C1=O. The summed E-state index contributed by atoms with van der Waals surface area (Å²) in [5.41, 5.74) is 6.33. The number of rotatable bonds is 4. The highest BCUT2D eigenvalue weighted by Gasteiger charge is 2.47. The van der Waals surface area contributed by atoms with E-state index in [1.807, 2.05) is 30.3 Å². The molecule has 0 saturated carbocycles. The normalized spacial score (nSPS) is 22.0. The van der Waals surface area contributed by atoms with Crippen molar-refractivity contribution in [3.05, 3.63) is 35.9 Å². The first-order valence-corrected chi connectivity index (χ1v) is 11.5. The van der Waals surface area contributed by atoms with E-state index in [1.54, 1.807) is 0 Å². The van der Waals surface area contributed by atoms with Gasteiger partial charge in [0.1, 0.15) is 6.10 Å². The molecule has 1 aromatic rings. The Morgan fingerprint density at radius 1 is 1.31 bits per heavy atom. The molecule has 0 bridgehead atoms. The van der Waals surface area contributed by atoms with E-state index in [1.165, 1.54) is 0 Å². The summed E-state index contributed by atoms with van der Waals surface area (Å²) >= 11 is 0. The third-order valence-corrected chi connectivity index (χ3v) is 9.58. The van der Waals surface area contributed by atoms with Gasteiger partial charge in [-0.2, -0.15) is 0 Å². The van der Waals surface area contributed by atoms with Gasteiger partial charge in [-0.25, -0.2) is 9.80 Å². The molecular weight excluding hydrogens is 350 g/mol. The average molecular weight is 378 g/mol. The Balaban J connectivity index is 2.37. The molecule has 1 heterocycles. The Hall–Kier alpha value is -2.19. The van der Waals surface area contributed by atoms with E-state index in [-0.39, 0.29) is 10.9 Å². The summed E-state index contributed by atoms with van der Waals surface area (Å²) in [6.07, 6.45) is -0.252. The van der Waals surface area contributed by atoms with Crippen LogP contribution in [-0.2, 0) is 14.0 Å². The Labute approximate surface area is 155 Å². The predicted molar refractivity (Wildman–Crippen MR) is 102 cm³/mol. The second-order valence-corrected chi connectivity index (χ2v) is 12.8. The molecule has 26 heavy (non-hydrogen) atoms. The quantitative estimate of drug-likeness (QED) is 0.477. The van der Waals surface area contributed by atoms with Gasteiger partial charge in [-0.15, -0.1) is 5.10 Å². The standard InChI is InChI=1S/C18H27N3O4Si/c1-18(2,3)26(4,5)25-14-11-13(12-9-7-6-8-10-12)21(16(14)22)20-15(19)17(23)24/h6-10,13-14H,11H2,1-5H3,(H2,19,20)(H,23,24).